The largest absolute Gasteiger partial charge is 0.480 e. The number of anilines is 1. The Bertz CT molecular complexity index is 406. The van der Waals surface area contributed by atoms with Crippen LogP contribution in [0.4, 0.5) is 5.95 Å². The summed E-state index contributed by atoms with van der Waals surface area (Å²) in [5.74, 6) is 2.53. The van der Waals surface area contributed by atoms with Crippen LogP contribution in [0.15, 0.2) is 10.7 Å². The minimum atomic E-state index is -0.684. The van der Waals surface area contributed by atoms with Crippen LogP contribution in [0, 0.1) is 0 Å². The molecule has 2 heterocycles. The van der Waals surface area contributed by atoms with E-state index in [1.54, 1.807) is 13.3 Å². The number of methoxy groups -OCH3 is 1. The Balaban J connectivity index is 2.17. The fourth-order valence-corrected chi connectivity index (χ4v) is 2.88. The number of nitrogens with zero attached hydrogens (tertiary/aromatic N) is 3. The smallest absolute Gasteiger partial charge is 0.232 e. The first-order valence-electron chi connectivity index (χ1n) is 4.87. The number of rotatable bonds is 2. The van der Waals surface area contributed by atoms with Crippen LogP contribution in [-0.4, -0.2) is 45.9 Å². The Labute approximate surface area is 105 Å². The number of aromatic nitrogens is 2. The van der Waals surface area contributed by atoms with Crippen LogP contribution in [0.1, 0.15) is 0 Å². The summed E-state index contributed by atoms with van der Waals surface area (Å²) in [6.45, 7) is 1.47. The Morgan fingerprint density at radius 2 is 2.19 bits per heavy atom. The average Bonchev–Trinajstić information content (AvgIpc) is 2.31. The Kier molecular flexibility index (Phi) is 3.75. The van der Waals surface area contributed by atoms with Gasteiger partial charge in [0.05, 0.1) is 17.8 Å². The third-order valence-electron chi connectivity index (χ3n) is 2.35. The van der Waals surface area contributed by atoms with Gasteiger partial charge in [0.25, 0.3) is 0 Å². The monoisotopic (exact) mass is 305 g/mol. The summed E-state index contributed by atoms with van der Waals surface area (Å²) in [5, 5.41) is 0. The van der Waals surface area contributed by atoms with Crippen molar-refractivity contribution in [2.45, 2.75) is 0 Å². The molecule has 16 heavy (non-hydrogen) atoms. The van der Waals surface area contributed by atoms with Crippen molar-refractivity contribution >= 4 is 32.7 Å². The van der Waals surface area contributed by atoms with Gasteiger partial charge in [-0.3, -0.25) is 4.21 Å². The molecule has 0 aliphatic carbocycles. The van der Waals surface area contributed by atoms with Gasteiger partial charge in [0, 0.05) is 35.4 Å². The Morgan fingerprint density at radius 3 is 2.81 bits per heavy atom. The van der Waals surface area contributed by atoms with E-state index in [9.17, 15) is 4.21 Å². The molecule has 1 aromatic rings. The zero-order chi connectivity index (χ0) is 11.5. The van der Waals surface area contributed by atoms with E-state index in [0.29, 0.717) is 23.3 Å². The topological polar surface area (TPSA) is 55.3 Å². The molecular formula is C9H12BrN3O2S. The van der Waals surface area contributed by atoms with E-state index in [2.05, 4.69) is 25.9 Å². The van der Waals surface area contributed by atoms with Gasteiger partial charge in [-0.05, 0) is 15.9 Å². The molecule has 7 heteroatoms. The molecule has 1 aliphatic rings. The highest BCUT2D eigenvalue weighted by molar-refractivity contribution is 9.10. The van der Waals surface area contributed by atoms with E-state index < -0.39 is 10.8 Å². The lowest BCUT2D eigenvalue weighted by atomic mass is 10.5. The molecule has 0 N–H and O–H groups in total. The van der Waals surface area contributed by atoms with Gasteiger partial charge in [0.2, 0.25) is 11.8 Å². The highest BCUT2D eigenvalue weighted by atomic mass is 79.9. The van der Waals surface area contributed by atoms with Crippen LogP contribution in [0.3, 0.4) is 0 Å². The van der Waals surface area contributed by atoms with Crippen molar-refractivity contribution in [3.05, 3.63) is 10.7 Å². The molecule has 0 saturated carbocycles. The minimum absolute atomic E-state index is 0.525. The summed E-state index contributed by atoms with van der Waals surface area (Å²) in [6, 6.07) is 0. The molecule has 1 aliphatic heterocycles. The second-order valence-electron chi connectivity index (χ2n) is 3.36. The lowest BCUT2D eigenvalue weighted by molar-refractivity contribution is 0.393. The Morgan fingerprint density at radius 1 is 1.50 bits per heavy atom. The number of hydrogen-bond donors (Lipinski definition) is 0. The minimum Gasteiger partial charge on any atom is -0.480 e. The molecule has 0 aromatic carbocycles. The molecule has 88 valence electrons. The van der Waals surface area contributed by atoms with Crippen LogP contribution in [0.25, 0.3) is 0 Å². The third-order valence-corrected chi connectivity index (χ3v) is 4.17. The standard InChI is InChI=1S/C9H12BrN3O2S/c1-15-8-7(10)6-11-9(12-8)13-2-4-16(14)5-3-13/h6H,2-5H2,1H3. The summed E-state index contributed by atoms with van der Waals surface area (Å²) in [7, 11) is 0.888. The maximum absolute atomic E-state index is 11.2. The molecule has 0 amide bonds. The second-order valence-corrected chi connectivity index (χ2v) is 5.91. The van der Waals surface area contributed by atoms with Gasteiger partial charge in [-0.1, -0.05) is 0 Å². The van der Waals surface area contributed by atoms with Crippen molar-refractivity contribution in [2.75, 3.05) is 36.6 Å². The van der Waals surface area contributed by atoms with Crippen molar-refractivity contribution in [1.29, 1.82) is 0 Å². The number of halogens is 1. The molecule has 1 aromatic heterocycles. The van der Waals surface area contributed by atoms with Crippen molar-refractivity contribution < 1.29 is 8.95 Å². The van der Waals surface area contributed by atoms with Crippen molar-refractivity contribution in [3.63, 3.8) is 0 Å². The first kappa shape index (κ1) is 11.8. The van der Waals surface area contributed by atoms with E-state index in [-0.39, 0.29) is 0 Å². The van der Waals surface area contributed by atoms with Crippen LogP contribution in [0.2, 0.25) is 0 Å². The summed E-state index contributed by atoms with van der Waals surface area (Å²) in [5.41, 5.74) is 0. The van der Waals surface area contributed by atoms with E-state index in [4.69, 9.17) is 4.74 Å². The van der Waals surface area contributed by atoms with E-state index in [1.807, 2.05) is 4.90 Å². The van der Waals surface area contributed by atoms with E-state index in [1.165, 1.54) is 0 Å². The fourth-order valence-electron chi connectivity index (χ4n) is 1.48. The Hall–Kier alpha value is -0.690. The van der Waals surface area contributed by atoms with E-state index in [0.717, 1.165) is 17.6 Å². The molecule has 2 rings (SSSR count). The SMILES string of the molecule is COc1nc(N2CCS(=O)CC2)ncc1Br. The first-order valence-corrected chi connectivity index (χ1v) is 7.15. The van der Waals surface area contributed by atoms with E-state index >= 15 is 0 Å². The van der Waals surface area contributed by atoms with Gasteiger partial charge in [0.15, 0.2) is 0 Å². The summed E-state index contributed by atoms with van der Waals surface area (Å²) in [6.07, 6.45) is 1.67. The first-order chi connectivity index (χ1) is 7.70. The van der Waals surface area contributed by atoms with Crippen LogP contribution in [-0.2, 0) is 10.8 Å². The molecular weight excluding hydrogens is 294 g/mol. The van der Waals surface area contributed by atoms with Gasteiger partial charge in [-0.15, -0.1) is 0 Å². The average molecular weight is 306 g/mol. The lowest BCUT2D eigenvalue weighted by Gasteiger charge is -2.26. The quantitative estimate of drug-likeness (QED) is 0.809. The maximum atomic E-state index is 11.2. The van der Waals surface area contributed by atoms with Gasteiger partial charge in [-0.25, -0.2) is 4.98 Å². The van der Waals surface area contributed by atoms with Crippen LogP contribution in [0.5, 0.6) is 5.88 Å². The number of hydrogen-bond acceptors (Lipinski definition) is 5. The van der Waals surface area contributed by atoms with Crippen LogP contribution < -0.4 is 9.64 Å². The van der Waals surface area contributed by atoms with Crippen molar-refractivity contribution in [1.82, 2.24) is 9.97 Å². The van der Waals surface area contributed by atoms with Gasteiger partial charge in [-0.2, -0.15) is 4.98 Å². The highest BCUT2D eigenvalue weighted by Crippen LogP contribution is 2.23. The summed E-state index contributed by atoms with van der Waals surface area (Å²) in [4.78, 5) is 10.5. The third kappa shape index (κ3) is 2.52. The highest BCUT2D eigenvalue weighted by Gasteiger charge is 2.18. The number of ether oxygens (including phenoxy) is 1. The predicted octanol–water partition coefficient (Wildman–Crippen LogP) is 0.816. The van der Waals surface area contributed by atoms with Crippen molar-refractivity contribution in [2.24, 2.45) is 0 Å². The zero-order valence-electron chi connectivity index (χ0n) is 8.85. The van der Waals surface area contributed by atoms with Gasteiger partial charge in [0.1, 0.15) is 0 Å². The van der Waals surface area contributed by atoms with Crippen molar-refractivity contribution in [3.8, 4) is 5.88 Å². The molecule has 0 unspecified atom stereocenters. The summed E-state index contributed by atoms with van der Waals surface area (Å²) < 4.78 is 17.1. The lowest BCUT2D eigenvalue weighted by Crippen LogP contribution is -2.38. The normalized spacial score (nSPS) is 17.5. The zero-order valence-corrected chi connectivity index (χ0v) is 11.3. The molecule has 1 fully saturated rings. The molecule has 0 bridgehead atoms. The van der Waals surface area contributed by atoms with Crippen LogP contribution >= 0.6 is 15.9 Å². The van der Waals surface area contributed by atoms with Gasteiger partial charge < -0.3 is 9.64 Å². The second kappa shape index (κ2) is 5.09. The predicted molar refractivity (Wildman–Crippen MR) is 66.4 cm³/mol. The maximum Gasteiger partial charge on any atom is 0.232 e. The molecule has 1 saturated heterocycles. The molecule has 5 nitrogen and oxygen atoms in total. The van der Waals surface area contributed by atoms with Gasteiger partial charge >= 0.3 is 0 Å². The molecule has 0 spiro atoms. The molecule has 0 radical (unpaired) electrons. The summed E-state index contributed by atoms with van der Waals surface area (Å²) >= 11 is 3.31. The molecule has 0 atom stereocenters. The fraction of sp³-hybridized carbons (Fsp3) is 0.556.